The van der Waals surface area contributed by atoms with Crippen molar-refractivity contribution in [2.45, 2.75) is 44.7 Å². The summed E-state index contributed by atoms with van der Waals surface area (Å²) in [6, 6.07) is 12.3. The van der Waals surface area contributed by atoms with Crippen LogP contribution >= 0.6 is 34.4 Å². The number of amides is 1. The van der Waals surface area contributed by atoms with E-state index in [0.29, 0.717) is 10.9 Å². The van der Waals surface area contributed by atoms with Crippen LogP contribution < -0.4 is 10.2 Å². The van der Waals surface area contributed by atoms with Crippen molar-refractivity contribution in [2.75, 3.05) is 10.2 Å². The minimum absolute atomic E-state index is 0.0467. The maximum atomic E-state index is 12.6. The summed E-state index contributed by atoms with van der Waals surface area (Å²) in [4.78, 5) is 19.0. The predicted octanol–water partition coefficient (Wildman–Crippen LogP) is 6.95. The van der Waals surface area contributed by atoms with Gasteiger partial charge in [0.15, 0.2) is 9.47 Å². The van der Waals surface area contributed by atoms with Crippen LogP contribution in [0, 0.1) is 27.7 Å². The van der Waals surface area contributed by atoms with Crippen molar-refractivity contribution in [1.82, 2.24) is 15.2 Å². The topological polar surface area (TPSA) is 71.0 Å². The minimum Gasteiger partial charge on any atom is -0.330 e. The molecule has 170 valence electrons. The van der Waals surface area contributed by atoms with Crippen LogP contribution in [-0.2, 0) is 10.5 Å². The van der Waals surface area contributed by atoms with E-state index >= 15 is 0 Å². The second kappa shape index (κ2) is 10.0. The summed E-state index contributed by atoms with van der Waals surface area (Å²) < 4.78 is 0.869. The molecule has 9 heteroatoms. The summed E-state index contributed by atoms with van der Waals surface area (Å²) in [5, 5.41) is 15.3. The Labute approximate surface area is 206 Å². The lowest BCUT2D eigenvalue weighted by Crippen LogP contribution is -2.24. The fourth-order valence-corrected chi connectivity index (χ4v) is 6.32. The van der Waals surface area contributed by atoms with Gasteiger partial charge in [0.05, 0.1) is 11.4 Å². The number of carbonyl (C=O) groups excluding carboxylic acids is 1. The number of rotatable bonds is 7. The smallest absolute Gasteiger partial charge is 0.230 e. The zero-order valence-electron chi connectivity index (χ0n) is 19.2. The molecular weight excluding hydrogens is 470 g/mol. The molecule has 2 heterocycles. The molecule has 2 aromatic carbocycles. The molecule has 0 aliphatic rings. The van der Waals surface area contributed by atoms with Crippen molar-refractivity contribution in [3.63, 3.8) is 0 Å². The maximum Gasteiger partial charge on any atom is 0.230 e. The van der Waals surface area contributed by atoms with Crippen LogP contribution in [-0.4, -0.2) is 21.1 Å². The number of nitrogens with zero attached hydrogens (tertiary/aromatic N) is 4. The van der Waals surface area contributed by atoms with Crippen LogP contribution in [0.25, 0.3) is 0 Å². The number of thiazole rings is 1. The van der Waals surface area contributed by atoms with E-state index < -0.39 is 0 Å². The third kappa shape index (κ3) is 5.61. The van der Waals surface area contributed by atoms with Gasteiger partial charge in [-0.1, -0.05) is 52.9 Å². The number of anilines is 4. The Kier molecular flexibility index (Phi) is 7.11. The van der Waals surface area contributed by atoms with E-state index in [-0.39, 0.29) is 5.91 Å². The van der Waals surface area contributed by atoms with Crippen LogP contribution in [0.15, 0.2) is 46.1 Å². The zero-order chi connectivity index (χ0) is 23.5. The van der Waals surface area contributed by atoms with Crippen LogP contribution in [0.3, 0.4) is 0 Å². The van der Waals surface area contributed by atoms with Gasteiger partial charge in [0.25, 0.3) is 0 Å². The first-order valence-electron chi connectivity index (χ1n) is 10.4. The lowest BCUT2D eigenvalue weighted by molar-refractivity contribution is -0.115. The number of nitrogens with one attached hydrogen (secondary N) is 1. The average Bonchev–Trinajstić information content (AvgIpc) is 3.38. The van der Waals surface area contributed by atoms with Gasteiger partial charge in [0, 0.05) is 23.7 Å². The molecule has 6 nitrogen and oxygen atoms in total. The second-order valence-electron chi connectivity index (χ2n) is 7.88. The molecule has 0 radical (unpaired) electrons. The quantitative estimate of drug-likeness (QED) is 0.280. The molecular formula is C24H25N5OS3. The number of carbonyl (C=O) groups is 1. The largest absolute Gasteiger partial charge is 0.330 e. The number of thioether (sulfide) groups is 1. The van der Waals surface area contributed by atoms with Gasteiger partial charge in [-0.2, -0.15) is 0 Å². The zero-order valence-corrected chi connectivity index (χ0v) is 21.6. The Balaban J connectivity index is 1.45. The van der Waals surface area contributed by atoms with Gasteiger partial charge in [-0.3, -0.25) is 9.69 Å². The van der Waals surface area contributed by atoms with Crippen LogP contribution in [0.2, 0.25) is 0 Å². The molecule has 0 bridgehead atoms. The summed E-state index contributed by atoms with van der Waals surface area (Å²) in [6.45, 7) is 9.78. The van der Waals surface area contributed by atoms with E-state index in [1.165, 1.54) is 33.8 Å². The summed E-state index contributed by atoms with van der Waals surface area (Å²) in [5.41, 5.74) is 7.33. The van der Waals surface area contributed by atoms with E-state index in [0.717, 1.165) is 37.7 Å². The molecule has 0 fully saturated rings. The van der Waals surface area contributed by atoms with Crippen molar-refractivity contribution < 1.29 is 4.79 Å². The average molecular weight is 496 g/mol. The lowest BCUT2D eigenvalue weighted by Gasteiger charge is -2.23. The van der Waals surface area contributed by atoms with Gasteiger partial charge in [0.2, 0.25) is 11.0 Å². The number of benzene rings is 2. The number of aromatic nitrogens is 3. The predicted molar refractivity (Wildman–Crippen MR) is 140 cm³/mol. The highest BCUT2D eigenvalue weighted by molar-refractivity contribution is 8.00. The standard InChI is InChI=1S/C24H25N5OS3/c1-14-7-6-8-19(11-14)25-22-27-28-24(33-22)32-13-20-12-31-23(26-20)29(18(5)30)21-16(3)9-15(2)10-17(21)4/h6-12H,13H2,1-5H3,(H,25,27). The van der Waals surface area contributed by atoms with E-state index in [1.807, 2.05) is 31.4 Å². The third-order valence-electron chi connectivity index (χ3n) is 4.92. The summed E-state index contributed by atoms with van der Waals surface area (Å²) in [6.07, 6.45) is 0. The molecule has 33 heavy (non-hydrogen) atoms. The Morgan fingerprint density at radius 1 is 1.06 bits per heavy atom. The summed E-state index contributed by atoms with van der Waals surface area (Å²) in [5.74, 6) is 0.613. The van der Waals surface area contributed by atoms with Gasteiger partial charge in [0.1, 0.15) is 0 Å². The molecule has 1 N–H and O–H groups in total. The fraction of sp³-hybridized carbons (Fsp3) is 0.250. The highest BCUT2D eigenvalue weighted by Gasteiger charge is 2.22. The minimum atomic E-state index is -0.0467. The molecule has 0 unspecified atom stereocenters. The van der Waals surface area contributed by atoms with Crippen molar-refractivity contribution >= 4 is 62.0 Å². The van der Waals surface area contributed by atoms with Gasteiger partial charge in [-0.15, -0.1) is 21.5 Å². The molecule has 2 aromatic heterocycles. The normalized spacial score (nSPS) is 10.9. The molecule has 0 saturated heterocycles. The Bertz CT molecular complexity index is 1270. The van der Waals surface area contributed by atoms with Crippen molar-refractivity contribution in [3.8, 4) is 0 Å². The first-order chi connectivity index (χ1) is 15.8. The highest BCUT2D eigenvalue weighted by Crippen LogP contribution is 2.36. The monoisotopic (exact) mass is 495 g/mol. The number of hydrogen-bond acceptors (Lipinski definition) is 8. The molecule has 0 spiro atoms. The fourth-order valence-electron chi connectivity index (χ4n) is 3.68. The summed E-state index contributed by atoms with van der Waals surface area (Å²) in [7, 11) is 0. The molecule has 1 amide bonds. The Morgan fingerprint density at radius 3 is 2.52 bits per heavy atom. The first-order valence-corrected chi connectivity index (χ1v) is 13.1. The van der Waals surface area contributed by atoms with Crippen LogP contribution in [0.5, 0.6) is 0 Å². The third-order valence-corrected chi connectivity index (χ3v) is 7.80. The van der Waals surface area contributed by atoms with Gasteiger partial charge >= 0.3 is 0 Å². The van der Waals surface area contributed by atoms with Crippen LogP contribution in [0.1, 0.15) is 34.9 Å². The second-order valence-corrected chi connectivity index (χ2v) is 10.9. The van der Waals surface area contributed by atoms with E-state index in [2.05, 4.69) is 53.6 Å². The van der Waals surface area contributed by atoms with E-state index in [9.17, 15) is 4.79 Å². The molecule has 4 aromatic rings. The molecule has 0 aliphatic carbocycles. The number of hydrogen-bond donors (Lipinski definition) is 1. The first kappa shape index (κ1) is 23.4. The van der Waals surface area contributed by atoms with Gasteiger partial charge < -0.3 is 5.32 Å². The van der Waals surface area contributed by atoms with E-state index in [4.69, 9.17) is 4.98 Å². The molecule has 0 saturated carbocycles. The Morgan fingerprint density at radius 2 is 1.82 bits per heavy atom. The van der Waals surface area contributed by atoms with Crippen molar-refractivity contribution in [2.24, 2.45) is 0 Å². The molecule has 0 aliphatic heterocycles. The molecule has 4 rings (SSSR count). The lowest BCUT2D eigenvalue weighted by atomic mass is 10.0. The number of aryl methyl sites for hydroxylation is 4. The maximum absolute atomic E-state index is 12.6. The summed E-state index contributed by atoms with van der Waals surface area (Å²) >= 11 is 4.59. The van der Waals surface area contributed by atoms with Gasteiger partial charge in [-0.05, 0) is 56.5 Å². The van der Waals surface area contributed by atoms with E-state index in [1.54, 1.807) is 23.6 Å². The highest BCUT2D eigenvalue weighted by atomic mass is 32.2. The Hall–Kier alpha value is -2.75. The van der Waals surface area contributed by atoms with Crippen molar-refractivity contribution in [1.29, 1.82) is 0 Å². The van der Waals surface area contributed by atoms with Gasteiger partial charge in [-0.25, -0.2) is 4.98 Å². The SMILES string of the molecule is CC(=O)N(c1nc(CSc2nnc(Nc3cccc(C)c3)s2)cs1)c1c(C)cc(C)cc1C. The van der Waals surface area contributed by atoms with Crippen molar-refractivity contribution in [3.05, 3.63) is 69.7 Å². The van der Waals surface area contributed by atoms with Crippen LogP contribution in [0.4, 0.5) is 21.6 Å². The molecule has 0 atom stereocenters.